The van der Waals surface area contributed by atoms with Crippen molar-refractivity contribution in [3.05, 3.63) is 11.6 Å². The second-order valence-electron chi connectivity index (χ2n) is 7.29. The van der Waals surface area contributed by atoms with E-state index < -0.39 is 0 Å². The lowest BCUT2D eigenvalue weighted by molar-refractivity contribution is 0.169. The summed E-state index contributed by atoms with van der Waals surface area (Å²) < 4.78 is 0. The maximum absolute atomic E-state index is 2.59. The molecule has 15 heavy (non-hydrogen) atoms. The maximum atomic E-state index is 2.59. The molecule has 0 heterocycles. The fourth-order valence-electron chi connectivity index (χ4n) is 5.19. The van der Waals surface area contributed by atoms with Crippen molar-refractivity contribution < 1.29 is 0 Å². The Morgan fingerprint density at radius 1 is 1.20 bits per heavy atom. The summed E-state index contributed by atoms with van der Waals surface area (Å²) in [6.07, 6.45) is 8.31. The first-order valence-electron chi connectivity index (χ1n) is 6.64. The molecule has 0 amide bonds. The van der Waals surface area contributed by atoms with Crippen molar-refractivity contribution in [2.45, 2.75) is 53.4 Å². The van der Waals surface area contributed by atoms with Crippen molar-refractivity contribution in [1.29, 1.82) is 0 Å². The highest BCUT2D eigenvalue weighted by Gasteiger charge is 2.58. The molecule has 0 aromatic heterocycles. The average molecular weight is 204 g/mol. The van der Waals surface area contributed by atoms with Gasteiger partial charge in [-0.05, 0) is 54.3 Å². The SMILES string of the molecule is C[C@H]1CC[C@@H]2[C@H]3C1=CC[C@@]3(C)CC2(C)C. The molecule has 2 fully saturated rings. The zero-order valence-electron chi connectivity index (χ0n) is 10.6. The first-order valence-corrected chi connectivity index (χ1v) is 6.64. The number of hydrogen-bond donors (Lipinski definition) is 0. The van der Waals surface area contributed by atoms with Gasteiger partial charge in [-0.25, -0.2) is 0 Å². The van der Waals surface area contributed by atoms with Gasteiger partial charge < -0.3 is 0 Å². The highest BCUT2D eigenvalue weighted by atomic mass is 14.6. The summed E-state index contributed by atoms with van der Waals surface area (Å²) in [5, 5.41) is 0. The van der Waals surface area contributed by atoms with E-state index in [0.29, 0.717) is 10.8 Å². The van der Waals surface area contributed by atoms with Crippen LogP contribution in [-0.4, -0.2) is 0 Å². The van der Waals surface area contributed by atoms with Gasteiger partial charge in [-0.1, -0.05) is 39.3 Å². The lowest BCUT2D eigenvalue weighted by Crippen LogP contribution is -2.31. The van der Waals surface area contributed by atoms with E-state index in [1.165, 1.54) is 25.7 Å². The monoisotopic (exact) mass is 204 g/mol. The molecule has 0 aliphatic heterocycles. The van der Waals surface area contributed by atoms with E-state index in [0.717, 1.165) is 17.8 Å². The Balaban J connectivity index is 2.04. The molecular weight excluding hydrogens is 180 g/mol. The lowest BCUT2D eigenvalue weighted by Gasteiger charge is -2.39. The minimum absolute atomic E-state index is 0.596. The van der Waals surface area contributed by atoms with Gasteiger partial charge in [0, 0.05) is 0 Å². The van der Waals surface area contributed by atoms with Gasteiger partial charge in [0.2, 0.25) is 0 Å². The predicted octanol–water partition coefficient (Wildman–Crippen LogP) is 4.42. The van der Waals surface area contributed by atoms with Gasteiger partial charge in [0.05, 0.1) is 0 Å². The number of allylic oxidation sites excluding steroid dienone is 2. The van der Waals surface area contributed by atoms with Gasteiger partial charge in [-0.2, -0.15) is 0 Å². The molecular formula is C15H24. The first kappa shape index (κ1) is 9.93. The molecule has 0 N–H and O–H groups in total. The molecule has 3 aliphatic carbocycles. The third-order valence-corrected chi connectivity index (χ3v) is 5.66. The van der Waals surface area contributed by atoms with E-state index in [9.17, 15) is 0 Å². The molecule has 0 heteroatoms. The van der Waals surface area contributed by atoms with Crippen molar-refractivity contribution in [3.8, 4) is 0 Å². The summed E-state index contributed by atoms with van der Waals surface area (Å²) in [5.41, 5.74) is 3.05. The fourth-order valence-corrected chi connectivity index (χ4v) is 5.19. The van der Waals surface area contributed by atoms with Crippen LogP contribution in [0.1, 0.15) is 53.4 Å². The van der Waals surface area contributed by atoms with Gasteiger partial charge in [0.25, 0.3) is 0 Å². The van der Waals surface area contributed by atoms with E-state index in [-0.39, 0.29) is 0 Å². The lowest BCUT2D eigenvalue weighted by atomic mass is 9.65. The van der Waals surface area contributed by atoms with Crippen molar-refractivity contribution >= 4 is 0 Å². The Bertz CT molecular complexity index is 323. The van der Waals surface area contributed by atoms with E-state index in [1.807, 2.05) is 5.57 Å². The van der Waals surface area contributed by atoms with Gasteiger partial charge in [0.1, 0.15) is 0 Å². The van der Waals surface area contributed by atoms with Crippen LogP contribution in [0.15, 0.2) is 11.6 Å². The summed E-state index contributed by atoms with van der Waals surface area (Å²) in [7, 11) is 0. The third-order valence-electron chi connectivity index (χ3n) is 5.66. The fraction of sp³-hybridized carbons (Fsp3) is 0.867. The molecule has 3 aliphatic rings. The molecule has 0 saturated heterocycles. The Hall–Kier alpha value is -0.260. The van der Waals surface area contributed by atoms with Crippen LogP contribution in [0.25, 0.3) is 0 Å². The highest BCUT2D eigenvalue weighted by molar-refractivity contribution is 5.29. The molecule has 0 aromatic rings. The van der Waals surface area contributed by atoms with Crippen molar-refractivity contribution in [2.24, 2.45) is 28.6 Å². The molecule has 0 bridgehead atoms. The minimum Gasteiger partial charge on any atom is -0.0842 e. The van der Waals surface area contributed by atoms with Crippen LogP contribution in [0.5, 0.6) is 0 Å². The third kappa shape index (κ3) is 1.14. The Kier molecular flexibility index (Phi) is 1.79. The second kappa shape index (κ2) is 2.70. The molecule has 3 rings (SSSR count). The van der Waals surface area contributed by atoms with Crippen LogP contribution in [0.2, 0.25) is 0 Å². The molecule has 4 atom stereocenters. The molecule has 0 aromatic carbocycles. The van der Waals surface area contributed by atoms with Gasteiger partial charge in [-0.15, -0.1) is 0 Å². The minimum atomic E-state index is 0.596. The van der Waals surface area contributed by atoms with Gasteiger partial charge in [0.15, 0.2) is 0 Å². The van der Waals surface area contributed by atoms with Crippen molar-refractivity contribution in [1.82, 2.24) is 0 Å². The van der Waals surface area contributed by atoms with Crippen LogP contribution >= 0.6 is 0 Å². The van der Waals surface area contributed by atoms with Gasteiger partial charge in [-0.3, -0.25) is 0 Å². The number of hydrogen-bond acceptors (Lipinski definition) is 0. The van der Waals surface area contributed by atoms with Crippen LogP contribution in [-0.2, 0) is 0 Å². The predicted molar refractivity (Wildman–Crippen MR) is 64.6 cm³/mol. The Morgan fingerprint density at radius 3 is 2.67 bits per heavy atom. The summed E-state index contributed by atoms with van der Waals surface area (Å²) in [5.74, 6) is 2.80. The summed E-state index contributed by atoms with van der Waals surface area (Å²) in [4.78, 5) is 0. The molecule has 0 unspecified atom stereocenters. The standard InChI is InChI=1S/C15H24/c1-10-5-6-12-13-11(10)7-8-15(13,4)9-14(12,2)3/h7,10,12-13H,5-6,8-9H2,1-4H3/t10-,12+,13+,15-/m0/s1. The van der Waals surface area contributed by atoms with E-state index >= 15 is 0 Å². The first-order chi connectivity index (χ1) is 6.94. The zero-order chi connectivity index (χ0) is 10.8. The zero-order valence-corrected chi connectivity index (χ0v) is 10.6. The second-order valence-corrected chi connectivity index (χ2v) is 7.29. The summed E-state index contributed by atoms with van der Waals surface area (Å²) in [6, 6.07) is 0. The normalized spacial score (nSPS) is 51.5. The Morgan fingerprint density at radius 2 is 1.93 bits per heavy atom. The van der Waals surface area contributed by atoms with Crippen LogP contribution in [0, 0.1) is 28.6 Å². The van der Waals surface area contributed by atoms with Crippen molar-refractivity contribution in [3.63, 3.8) is 0 Å². The Labute approximate surface area is 94.1 Å². The quantitative estimate of drug-likeness (QED) is 0.513. The molecule has 0 spiro atoms. The van der Waals surface area contributed by atoms with E-state index in [2.05, 4.69) is 33.8 Å². The largest absolute Gasteiger partial charge is 0.0842 e. The topological polar surface area (TPSA) is 0 Å². The number of rotatable bonds is 0. The smallest absolute Gasteiger partial charge is 0.0110 e. The van der Waals surface area contributed by atoms with Crippen LogP contribution in [0.4, 0.5) is 0 Å². The molecule has 84 valence electrons. The van der Waals surface area contributed by atoms with Crippen LogP contribution < -0.4 is 0 Å². The summed E-state index contributed by atoms with van der Waals surface area (Å²) in [6.45, 7) is 10.0. The van der Waals surface area contributed by atoms with E-state index in [1.54, 1.807) is 0 Å². The van der Waals surface area contributed by atoms with Crippen LogP contribution in [0.3, 0.4) is 0 Å². The molecule has 0 radical (unpaired) electrons. The highest BCUT2D eigenvalue weighted by Crippen LogP contribution is 2.67. The van der Waals surface area contributed by atoms with Gasteiger partial charge >= 0.3 is 0 Å². The molecule has 2 saturated carbocycles. The average Bonchev–Trinajstić information content (AvgIpc) is 2.53. The van der Waals surface area contributed by atoms with Crippen molar-refractivity contribution in [2.75, 3.05) is 0 Å². The van der Waals surface area contributed by atoms with E-state index in [4.69, 9.17) is 0 Å². The summed E-state index contributed by atoms with van der Waals surface area (Å²) >= 11 is 0. The maximum Gasteiger partial charge on any atom is -0.0110 e. The molecule has 0 nitrogen and oxygen atoms in total.